The van der Waals surface area contributed by atoms with Crippen LogP contribution in [0.15, 0.2) is 47.4 Å². The first-order valence-corrected chi connectivity index (χ1v) is 11.5. The molecule has 0 aliphatic carbocycles. The number of amides is 2. The lowest BCUT2D eigenvalue weighted by Gasteiger charge is -2.29. The molecule has 2 aliphatic heterocycles. The summed E-state index contributed by atoms with van der Waals surface area (Å²) in [5, 5.41) is 2.78. The van der Waals surface area contributed by atoms with E-state index in [-0.39, 0.29) is 17.6 Å². The third-order valence-electron chi connectivity index (χ3n) is 5.50. The number of thioether (sulfide) groups is 1. The number of rotatable bonds is 6. The van der Waals surface area contributed by atoms with Crippen LogP contribution in [0.2, 0.25) is 0 Å². The minimum atomic E-state index is -0.376. The molecule has 8 heteroatoms. The van der Waals surface area contributed by atoms with Crippen LogP contribution in [0.4, 0.5) is 15.8 Å². The highest BCUT2D eigenvalue weighted by atomic mass is 32.2. The van der Waals surface area contributed by atoms with Gasteiger partial charge in [-0.15, -0.1) is 11.8 Å². The van der Waals surface area contributed by atoms with Gasteiger partial charge >= 0.3 is 0 Å². The van der Waals surface area contributed by atoms with Gasteiger partial charge in [0, 0.05) is 36.8 Å². The molecule has 31 heavy (non-hydrogen) atoms. The van der Waals surface area contributed by atoms with Gasteiger partial charge in [0.1, 0.15) is 5.82 Å². The van der Waals surface area contributed by atoms with Gasteiger partial charge in [0.15, 0.2) is 0 Å². The van der Waals surface area contributed by atoms with Crippen LogP contribution in [0.25, 0.3) is 0 Å². The van der Waals surface area contributed by atoms with Gasteiger partial charge in [-0.1, -0.05) is 12.1 Å². The molecule has 164 valence electrons. The molecule has 0 atom stereocenters. The molecule has 0 radical (unpaired) electrons. The summed E-state index contributed by atoms with van der Waals surface area (Å²) in [6.45, 7) is 4.06. The summed E-state index contributed by atoms with van der Waals surface area (Å²) in [4.78, 5) is 29.7. The van der Waals surface area contributed by atoms with Crippen LogP contribution in [0.5, 0.6) is 0 Å². The van der Waals surface area contributed by atoms with Crippen LogP contribution in [0.1, 0.15) is 23.2 Å². The number of ether oxygens (including phenoxy) is 1. The molecule has 0 spiro atoms. The highest BCUT2D eigenvalue weighted by Gasteiger charge is 2.20. The Balaban J connectivity index is 1.41. The Bertz CT molecular complexity index is 943. The molecular formula is C23H26FN3O3S. The van der Waals surface area contributed by atoms with Crippen molar-refractivity contribution in [1.82, 2.24) is 4.90 Å². The van der Waals surface area contributed by atoms with E-state index in [1.54, 1.807) is 24.3 Å². The molecule has 2 aromatic carbocycles. The molecule has 4 rings (SSSR count). The molecule has 2 aliphatic rings. The molecule has 0 unspecified atom stereocenters. The van der Waals surface area contributed by atoms with Gasteiger partial charge < -0.3 is 19.9 Å². The summed E-state index contributed by atoms with van der Waals surface area (Å²) in [7, 11) is 0. The number of nitrogens with one attached hydrogen (secondary N) is 1. The number of likely N-dealkylation sites (tertiary alicyclic amines) is 1. The highest BCUT2D eigenvalue weighted by molar-refractivity contribution is 8.00. The number of carbonyl (C=O) groups is 2. The summed E-state index contributed by atoms with van der Waals surface area (Å²) >= 11 is 1.36. The van der Waals surface area contributed by atoms with Crippen molar-refractivity contribution in [2.75, 3.05) is 55.4 Å². The van der Waals surface area contributed by atoms with Gasteiger partial charge in [-0.05, 0) is 43.2 Å². The van der Waals surface area contributed by atoms with Gasteiger partial charge in [-0.3, -0.25) is 9.59 Å². The zero-order valence-corrected chi connectivity index (χ0v) is 18.1. The molecule has 2 saturated heterocycles. The number of morpholine rings is 1. The fraction of sp³-hybridized carbons (Fsp3) is 0.391. The Hall–Kier alpha value is -2.58. The highest BCUT2D eigenvalue weighted by Crippen LogP contribution is 2.27. The second-order valence-corrected chi connectivity index (χ2v) is 8.61. The maximum absolute atomic E-state index is 14.6. The minimum absolute atomic E-state index is 0.0958. The predicted octanol–water partition coefficient (Wildman–Crippen LogP) is 3.63. The first-order chi connectivity index (χ1) is 15.1. The first-order valence-electron chi connectivity index (χ1n) is 10.5. The molecule has 2 aromatic rings. The van der Waals surface area contributed by atoms with Crippen LogP contribution in [0.3, 0.4) is 0 Å². The van der Waals surface area contributed by atoms with Crippen molar-refractivity contribution in [2.45, 2.75) is 17.7 Å². The number of hydrogen-bond acceptors (Lipinski definition) is 5. The fourth-order valence-corrected chi connectivity index (χ4v) is 4.77. The van der Waals surface area contributed by atoms with Crippen LogP contribution in [-0.2, 0) is 9.53 Å². The molecule has 0 saturated carbocycles. The van der Waals surface area contributed by atoms with Gasteiger partial charge in [-0.2, -0.15) is 0 Å². The number of hydrogen-bond donors (Lipinski definition) is 1. The van der Waals surface area contributed by atoms with Crippen LogP contribution >= 0.6 is 11.8 Å². The van der Waals surface area contributed by atoms with Gasteiger partial charge in [0.2, 0.25) is 5.91 Å². The lowest BCUT2D eigenvalue weighted by Crippen LogP contribution is -2.36. The molecule has 2 fully saturated rings. The summed E-state index contributed by atoms with van der Waals surface area (Å²) in [5.74, 6) is -0.306. The average Bonchev–Trinajstić information content (AvgIpc) is 3.33. The Morgan fingerprint density at radius 2 is 1.77 bits per heavy atom. The van der Waals surface area contributed by atoms with E-state index in [0.29, 0.717) is 49.0 Å². The minimum Gasteiger partial charge on any atom is -0.378 e. The molecule has 0 aromatic heterocycles. The molecule has 2 amide bonds. The van der Waals surface area contributed by atoms with E-state index >= 15 is 0 Å². The van der Waals surface area contributed by atoms with E-state index in [1.807, 2.05) is 21.9 Å². The van der Waals surface area contributed by atoms with Gasteiger partial charge in [-0.25, -0.2) is 4.39 Å². The number of halogens is 1. The van der Waals surface area contributed by atoms with E-state index in [4.69, 9.17) is 4.74 Å². The SMILES string of the molecule is O=C(Nc1ccc(N2CCOCC2)c(F)c1)c1ccccc1SCC(=O)N1CCCC1. The van der Waals surface area contributed by atoms with Crippen LogP contribution < -0.4 is 10.2 Å². The predicted molar refractivity (Wildman–Crippen MR) is 120 cm³/mol. The average molecular weight is 444 g/mol. The monoisotopic (exact) mass is 443 g/mol. The van der Waals surface area contributed by atoms with Crippen molar-refractivity contribution in [1.29, 1.82) is 0 Å². The lowest BCUT2D eigenvalue weighted by molar-refractivity contribution is -0.127. The van der Waals surface area contributed by atoms with Crippen molar-refractivity contribution in [3.8, 4) is 0 Å². The van der Waals surface area contributed by atoms with E-state index in [2.05, 4.69) is 5.32 Å². The summed E-state index contributed by atoms with van der Waals surface area (Å²) in [6.07, 6.45) is 2.10. The fourth-order valence-electron chi connectivity index (χ4n) is 3.82. The normalized spacial score (nSPS) is 16.4. The zero-order chi connectivity index (χ0) is 21.6. The van der Waals surface area contributed by atoms with Crippen molar-refractivity contribution >= 4 is 35.0 Å². The molecule has 2 heterocycles. The molecule has 6 nitrogen and oxygen atoms in total. The Morgan fingerprint density at radius 1 is 1.03 bits per heavy atom. The number of nitrogens with zero attached hydrogens (tertiary/aromatic N) is 2. The Kier molecular flexibility index (Phi) is 7.09. The van der Waals surface area contributed by atoms with Crippen molar-refractivity contribution < 1.29 is 18.7 Å². The first kappa shape index (κ1) is 21.6. The van der Waals surface area contributed by atoms with E-state index < -0.39 is 0 Å². The maximum atomic E-state index is 14.6. The molecule has 0 bridgehead atoms. The smallest absolute Gasteiger partial charge is 0.256 e. The van der Waals surface area contributed by atoms with E-state index in [0.717, 1.165) is 30.8 Å². The number of benzene rings is 2. The second-order valence-electron chi connectivity index (χ2n) is 7.59. The number of carbonyl (C=O) groups excluding carboxylic acids is 2. The zero-order valence-electron chi connectivity index (χ0n) is 17.3. The van der Waals surface area contributed by atoms with Crippen molar-refractivity contribution in [3.63, 3.8) is 0 Å². The Morgan fingerprint density at radius 3 is 2.52 bits per heavy atom. The molecular weight excluding hydrogens is 417 g/mol. The van der Waals surface area contributed by atoms with Gasteiger partial charge in [0.25, 0.3) is 5.91 Å². The standard InChI is InChI=1S/C23H26FN3O3S/c24-19-15-17(7-8-20(19)26-11-13-30-14-12-26)25-23(29)18-5-1-2-6-21(18)31-16-22(28)27-9-3-4-10-27/h1-2,5-8,15H,3-4,9-14,16H2,(H,25,29). The topological polar surface area (TPSA) is 61.9 Å². The maximum Gasteiger partial charge on any atom is 0.256 e. The van der Waals surface area contributed by atoms with Gasteiger partial charge in [0.05, 0.1) is 30.2 Å². The summed E-state index contributed by atoms with van der Waals surface area (Å²) in [6, 6.07) is 11.9. The third-order valence-corrected chi connectivity index (χ3v) is 6.56. The quantitative estimate of drug-likeness (QED) is 0.691. The lowest BCUT2D eigenvalue weighted by atomic mass is 10.2. The number of anilines is 2. The van der Waals surface area contributed by atoms with Crippen molar-refractivity contribution in [2.24, 2.45) is 0 Å². The van der Waals surface area contributed by atoms with Crippen LogP contribution in [-0.4, -0.2) is 61.9 Å². The summed E-state index contributed by atoms with van der Waals surface area (Å²) in [5.41, 5.74) is 1.38. The Labute approximate surface area is 185 Å². The van der Waals surface area contributed by atoms with Crippen molar-refractivity contribution in [3.05, 3.63) is 53.8 Å². The van der Waals surface area contributed by atoms with E-state index in [1.165, 1.54) is 17.8 Å². The summed E-state index contributed by atoms with van der Waals surface area (Å²) < 4.78 is 20.0. The second kappa shape index (κ2) is 10.2. The third kappa shape index (κ3) is 5.37. The van der Waals surface area contributed by atoms with E-state index in [9.17, 15) is 14.0 Å². The molecule has 1 N–H and O–H groups in total. The largest absolute Gasteiger partial charge is 0.378 e. The van der Waals surface area contributed by atoms with Crippen LogP contribution in [0, 0.1) is 5.82 Å².